The number of carbonyl (C=O) groups excluding carboxylic acids is 1. The summed E-state index contributed by atoms with van der Waals surface area (Å²) >= 11 is 0. The first-order valence-electron chi connectivity index (χ1n) is 5.07. The lowest BCUT2D eigenvalue weighted by Gasteiger charge is -2.20. The predicted molar refractivity (Wildman–Crippen MR) is 51.4 cm³/mol. The van der Waals surface area contributed by atoms with Gasteiger partial charge in [0, 0.05) is 25.2 Å². The minimum Gasteiger partial charge on any atom is -0.339 e. The van der Waals surface area contributed by atoms with Crippen LogP contribution in [0.25, 0.3) is 0 Å². The number of likely N-dealkylation sites (tertiary alicyclic amines) is 1. The Morgan fingerprint density at radius 2 is 2.15 bits per heavy atom. The standard InChI is InChI=1S/C10H16N2O/c13-10(12-7-1-2-8-12)9-3-5-11-6-4-9/h3,11H,1-2,4-8H2. The molecule has 0 unspecified atom stereocenters. The van der Waals surface area contributed by atoms with Crippen LogP contribution >= 0.6 is 0 Å². The van der Waals surface area contributed by atoms with Crippen molar-refractivity contribution in [2.75, 3.05) is 26.2 Å². The van der Waals surface area contributed by atoms with Crippen molar-refractivity contribution < 1.29 is 4.79 Å². The molecule has 0 radical (unpaired) electrons. The van der Waals surface area contributed by atoms with Gasteiger partial charge in [0.25, 0.3) is 0 Å². The fourth-order valence-corrected chi connectivity index (χ4v) is 1.94. The molecule has 2 heterocycles. The van der Waals surface area contributed by atoms with Gasteiger partial charge in [-0.2, -0.15) is 0 Å². The Morgan fingerprint density at radius 1 is 1.38 bits per heavy atom. The van der Waals surface area contributed by atoms with Crippen LogP contribution in [0.3, 0.4) is 0 Å². The zero-order chi connectivity index (χ0) is 9.10. The Labute approximate surface area is 78.8 Å². The molecule has 3 nitrogen and oxygen atoms in total. The van der Waals surface area contributed by atoms with Crippen molar-refractivity contribution in [3.63, 3.8) is 0 Å². The van der Waals surface area contributed by atoms with Crippen LogP contribution in [0.2, 0.25) is 0 Å². The van der Waals surface area contributed by atoms with Crippen molar-refractivity contribution in [3.05, 3.63) is 11.6 Å². The van der Waals surface area contributed by atoms with Gasteiger partial charge in [-0.1, -0.05) is 6.08 Å². The second-order valence-electron chi connectivity index (χ2n) is 3.68. The van der Waals surface area contributed by atoms with E-state index in [9.17, 15) is 4.79 Å². The van der Waals surface area contributed by atoms with Gasteiger partial charge < -0.3 is 10.2 Å². The average molecular weight is 180 g/mol. The van der Waals surface area contributed by atoms with Gasteiger partial charge in [0.1, 0.15) is 0 Å². The fraction of sp³-hybridized carbons (Fsp3) is 0.700. The van der Waals surface area contributed by atoms with Gasteiger partial charge in [0.2, 0.25) is 5.91 Å². The number of rotatable bonds is 1. The molecule has 2 aliphatic heterocycles. The first-order chi connectivity index (χ1) is 6.38. The lowest BCUT2D eigenvalue weighted by atomic mass is 10.1. The Kier molecular flexibility index (Phi) is 2.64. The molecule has 1 N–H and O–H groups in total. The number of hydrogen-bond donors (Lipinski definition) is 1. The van der Waals surface area contributed by atoms with Crippen LogP contribution in [0.1, 0.15) is 19.3 Å². The normalized spacial score (nSPS) is 23.1. The van der Waals surface area contributed by atoms with Crippen LogP contribution in [0, 0.1) is 0 Å². The average Bonchev–Trinajstić information content (AvgIpc) is 2.71. The van der Waals surface area contributed by atoms with Crippen LogP contribution in [-0.4, -0.2) is 37.0 Å². The van der Waals surface area contributed by atoms with Gasteiger partial charge in [-0.25, -0.2) is 0 Å². The molecule has 0 spiro atoms. The van der Waals surface area contributed by atoms with E-state index in [1.165, 1.54) is 12.8 Å². The summed E-state index contributed by atoms with van der Waals surface area (Å²) in [5.74, 6) is 0.277. The molecule has 0 aromatic carbocycles. The second kappa shape index (κ2) is 3.92. The number of carbonyl (C=O) groups is 1. The van der Waals surface area contributed by atoms with Crippen molar-refractivity contribution in [2.24, 2.45) is 0 Å². The number of nitrogens with one attached hydrogen (secondary N) is 1. The number of amides is 1. The summed E-state index contributed by atoms with van der Waals surface area (Å²) in [6.07, 6.45) is 5.29. The summed E-state index contributed by atoms with van der Waals surface area (Å²) in [4.78, 5) is 13.8. The third-order valence-electron chi connectivity index (χ3n) is 2.73. The van der Waals surface area contributed by atoms with Crippen molar-refractivity contribution in [1.82, 2.24) is 10.2 Å². The molecule has 0 atom stereocenters. The highest BCUT2D eigenvalue weighted by Crippen LogP contribution is 2.14. The summed E-state index contributed by atoms with van der Waals surface area (Å²) < 4.78 is 0. The summed E-state index contributed by atoms with van der Waals surface area (Å²) in [5.41, 5.74) is 1.01. The Balaban J connectivity index is 1.98. The third kappa shape index (κ3) is 1.91. The molecule has 1 amide bonds. The molecular formula is C10H16N2O. The topological polar surface area (TPSA) is 32.3 Å². The molecule has 2 aliphatic rings. The highest BCUT2D eigenvalue weighted by Gasteiger charge is 2.21. The molecule has 3 heteroatoms. The van der Waals surface area contributed by atoms with E-state index in [1.807, 2.05) is 11.0 Å². The maximum absolute atomic E-state index is 11.8. The third-order valence-corrected chi connectivity index (χ3v) is 2.73. The molecular weight excluding hydrogens is 164 g/mol. The molecule has 0 aliphatic carbocycles. The van der Waals surface area contributed by atoms with E-state index < -0.39 is 0 Å². The highest BCUT2D eigenvalue weighted by atomic mass is 16.2. The maximum Gasteiger partial charge on any atom is 0.249 e. The van der Waals surface area contributed by atoms with Crippen LogP contribution in [0.4, 0.5) is 0 Å². The van der Waals surface area contributed by atoms with Crippen LogP contribution < -0.4 is 5.32 Å². The van der Waals surface area contributed by atoms with Crippen molar-refractivity contribution in [1.29, 1.82) is 0 Å². The monoisotopic (exact) mass is 180 g/mol. The maximum atomic E-state index is 11.8. The predicted octanol–water partition coefficient (Wildman–Crippen LogP) is 0.528. The van der Waals surface area contributed by atoms with E-state index in [0.717, 1.165) is 38.2 Å². The largest absolute Gasteiger partial charge is 0.339 e. The van der Waals surface area contributed by atoms with Crippen molar-refractivity contribution >= 4 is 5.91 Å². The van der Waals surface area contributed by atoms with E-state index in [0.29, 0.717) is 0 Å². The minimum absolute atomic E-state index is 0.277. The lowest BCUT2D eigenvalue weighted by molar-refractivity contribution is -0.126. The smallest absolute Gasteiger partial charge is 0.249 e. The molecule has 1 fully saturated rings. The molecule has 2 rings (SSSR count). The Hall–Kier alpha value is -0.830. The zero-order valence-electron chi connectivity index (χ0n) is 7.88. The quantitative estimate of drug-likeness (QED) is 0.638. The van der Waals surface area contributed by atoms with E-state index in [1.54, 1.807) is 0 Å². The summed E-state index contributed by atoms with van der Waals surface area (Å²) in [5, 5.41) is 3.21. The van der Waals surface area contributed by atoms with E-state index in [4.69, 9.17) is 0 Å². The van der Waals surface area contributed by atoms with Crippen LogP contribution in [-0.2, 0) is 4.79 Å². The van der Waals surface area contributed by atoms with Gasteiger partial charge in [-0.3, -0.25) is 4.79 Å². The van der Waals surface area contributed by atoms with Gasteiger partial charge in [-0.05, 0) is 25.8 Å². The van der Waals surface area contributed by atoms with Crippen LogP contribution in [0.5, 0.6) is 0 Å². The van der Waals surface area contributed by atoms with Crippen molar-refractivity contribution in [2.45, 2.75) is 19.3 Å². The van der Waals surface area contributed by atoms with Gasteiger partial charge >= 0.3 is 0 Å². The Bertz CT molecular complexity index is 229. The Morgan fingerprint density at radius 3 is 2.77 bits per heavy atom. The number of hydrogen-bond acceptors (Lipinski definition) is 2. The molecule has 0 bridgehead atoms. The summed E-state index contributed by atoms with van der Waals surface area (Å²) in [6.45, 7) is 3.73. The molecule has 13 heavy (non-hydrogen) atoms. The van der Waals surface area contributed by atoms with E-state index in [2.05, 4.69) is 5.32 Å². The van der Waals surface area contributed by atoms with Gasteiger partial charge in [0.15, 0.2) is 0 Å². The SMILES string of the molecule is O=C(C1=CCNCC1)N1CCCC1. The van der Waals surface area contributed by atoms with E-state index in [-0.39, 0.29) is 5.91 Å². The molecule has 0 aromatic heterocycles. The first-order valence-corrected chi connectivity index (χ1v) is 5.07. The van der Waals surface area contributed by atoms with Gasteiger partial charge in [0.05, 0.1) is 0 Å². The molecule has 1 saturated heterocycles. The lowest BCUT2D eigenvalue weighted by Crippen LogP contribution is -2.32. The highest BCUT2D eigenvalue weighted by molar-refractivity contribution is 5.93. The van der Waals surface area contributed by atoms with E-state index >= 15 is 0 Å². The number of nitrogens with zero attached hydrogens (tertiary/aromatic N) is 1. The minimum atomic E-state index is 0.277. The van der Waals surface area contributed by atoms with Crippen molar-refractivity contribution in [3.8, 4) is 0 Å². The summed E-state index contributed by atoms with van der Waals surface area (Å²) in [7, 11) is 0. The fourth-order valence-electron chi connectivity index (χ4n) is 1.94. The van der Waals surface area contributed by atoms with Crippen LogP contribution in [0.15, 0.2) is 11.6 Å². The molecule has 0 aromatic rings. The molecule has 72 valence electrons. The molecule has 0 saturated carbocycles. The summed E-state index contributed by atoms with van der Waals surface area (Å²) in [6, 6.07) is 0. The van der Waals surface area contributed by atoms with Gasteiger partial charge in [-0.15, -0.1) is 0 Å². The first kappa shape index (κ1) is 8.75. The second-order valence-corrected chi connectivity index (χ2v) is 3.68. The zero-order valence-corrected chi connectivity index (χ0v) is 7.88.